The third-order valence-corrected chi connectivity index (χ3v) is 2.79. The Hall–Kier alpha value is -1.63. The molecule has 1 atom stereocenters. The number of hydrogen-bond acceptors (Lipinski definition) is 2. The van der Waals surface area contributed by atoms with Crippen LogP contribution in [0.25, 0.3) is 0 Å². The molecule has 0 aliphatic rings. The zero-order chi connectivity index (χ0) is 14.8. The van der Waals surface area contributed by atoms with Crippen molar-refractivity contribution < 1.29 is 22.4 Å². The molecule has 0 heterocycles. The van der Waals surface area contributed by atoms with E-state index >= 15 is 0 Å². The number of likely N-dealkylation sites (N-methyl/N-ethyl adjacent to an activating group) is 1. The molecule has 1 rings (SSSR count). The van der Waals surface area contributed by atoms with E-state index in [0.29, 0.717) is 12.1 Å². The molecular formula is C12H14F4N2O. The molecule has 2 N–H and O–H groups in total. The number of carbonyl (C=O) groups excluding carboxylic acids is 1. The molecule has 3 nitrogen and oxygen atoms in total. The van der Waals surface area contributed by atoms with Crippen molar-refractivity contribution in [3.63, 3.8) is 0 Å². The molecule has 0 fully saturated rings. The van der Waals surface area contributed by atoms with Crippen LogP contribution in [0.2, 0.25) is 0 Å². The summed E-state index contributed by atoms with van der Waals surface area (Å²) in [5, 5.41) is 0. The van der Waals surface area contributed by atoms with Crippen LogP contribution in [0.1, 0.15) is 22.8 Å². The van der Waals surface area contributed by atoms with Crippen molar-refractivity contribution in [2.24, 2.45) is 5.73 Å². The zero-order valence-electron chi connectivity index (χ0n) is 10.5. The Bertz CT molecular complexity index is 473. The van der Waals surface area contributed by atoms with Gasteiger partial charge in [-0.15, -0.1) is 0 Å². The lowest BCUT2D eigenvalue weighted by Crippen LogP contribution is -2.39. The molecular weight excluding hydrogens is 264 g/mol. The molecule has 0 radical (unpaired) electrons. The summed E-state index contributed by atoms with van der Waals surface area (Å²) < 4.78 is 50.7. The van der Waals surface area contributed by atoms with Crippen molar-refractivity contribution in [3.05, 3.63) is 35.1 Å². The second kappa shape index (κ2) is 5.56. The lowest BCUT2D eigenvalue weighted by Gasteiger charge is -2.24. The van der Waals surface area contributed by atoms with Crippen molar-refractivity contribution in [1.82, 2.24) is 4.90 Å². The normalized spacial score (nSPS) is 13.2. The lowest BCUT2D eigenvalue weighted by molar-refractivity contribution is -0.137. The highest BCUT2D eigenvalue weighted by Gasteiger charge is 2.32. The van der Waals surface area contributed by atoms with Gasteiger partial charge in [-0.3, -0.25) is 4.79 Å². The standard InChI is InChI=1S/C12H14F4N2O/c1-7(6-17)18(2)11(19)8-3-9(12(14,15)16)5-10(13)4-8/h3-5,7H,6,17H2,1-2H3/t7-/m0/s1. The minimum Gasteiger partial charge on any atom is -0.338 e. The van der Waals surface area contributed by atoms with Gasteiger partial charge in [0.2, 0.25) is 0 Å². The minimum absolute atomic E-state index is 0.156. The first kappa shape index (κ1) is 15.4. The predicted octanol–water partition coefficient (Wildman–Crippen LogP) is 2.26. The zero-order valence-corrected chi connectivity index (χ0v) is 10.5. The van der Waals surface area contributed by atoms with Gasteiger partial charge < -0.3 is 10.6 Å². The summed E-state index contributed by atoms with van der Waals surface area (Å²) in [5.41, 5.74) is 3.83. The van der Waals surface area contributed by atoms with Crippen LogP contribution in [0.3, 0.4) is 0 Å². The highest BCUT2D eigenvalue weighted by molar-refractivity contribution is 5.94. The van der Waals surface area contributed by atoms with E-state index in [1.165, 1.54) is 11.9 Å². The van der Waals surface area contributed by atoms with Crippen LogP contribution < -0.4 is 5.73 Å². The topological polar surface area (TPSA) is 46.3 Å². The van der Waals surface area contributed by atoms with Gasteiger partial charge in [0.15, 0.2) is 0 Å². The number of carbonyl (C=O) groups is 1. The quantitative estimate of drug-likeness (QED) is 0.862. The SMILES string of the molecule is C[C@@H](CN)N(C)C(=O)c1cc(F)cc(C(F)(F)F)c1. The molecule has 1 aromatic rings. The van der Waals surface area contributed by atoms with Crippen molar-refractivity contribution in [3.8, 4) is 0 Å². The number of rotatable bonds is 3. The second-order valence-electron chi connectivity index (χ2n) is 4.23. The average molecular weight is 278 g/mol. The van der Waals surface area contributed by atoms with E-state index in [9.17, 15) is 22.4 Å². The van der Waals surface area contributed by atoms with Gasteiger partial charge in [-0.1, -0.05) is 0 Å². The number of nitrogens with two attached hydrogens (primary N) is 1. The Balaban J connectivity index is 3.14. The molecule has 0 bridgehead atoms. The van der Waals surface area contributed by atoms with E-state index in [0.717, 1.165) is 6.07 Å². The Morgan fingerprint density at radius 3 is 2.42 bits per heavy atom. The van der Waals surface area contributed by atoms with Crippen molar-refractivity contribution >= 4 is 5.91 Å². The first-order valence-corrected chi connectivity index (χ1v) is 5.51. The maximum absolute atomic E-state index is 13.2. The number of alkyl halides is 3. The van der Waals surface area contributed by atoms with E-state index in [1.54, 1.807) is 6.92 Å². The largest absolute Gasteiger partial charge is 0.416 e. The van der Waals surface area contributed by atoms with Crippen LogP contribution in [0, 0.1) is 5.82 Å². The predicted molar refractivity (Wildman–Crippen MR) is 62.0 cm³/mol. The monoisotopic (exact) mass is 278 g/mol. The Kier molecular flexibility index (Phi) is 4.52. The Labute approximate surface area is 108 Å². The van der Waals surface area contributed by atoms with Gasteiger partial charge in [0, 0.05) is 25.2 Å². The van der Waals surface area contributed by atoms with Gasteiger partial charge in [0.25, 0.3) is 5.91 Å². The van der Waals surface area contributed by atoms with Gasteiger partial charge in [-0.05, 0) is 25.1 Å². The summed E-state index contributed by atoms with van der Waals surface area (Å²) in [5.74, 6) is -1.81. The fourth-order valence-corrected chi connectivity index (χ4v) is 1.44. The molecule has 19 heavy (non-hydrogen) atoms. The van der Waals surface area contributed by atoms with Gasteiger partial charge in [0.05, 0.1) is 5.56 Å². The molecule has 1 amide bonds. The maximum atomic E-state index is 13.2. The van der Waals surface area contributed by atoms with Crippen molar-refractivity contribution in [2.75, 3.05) is 13.6 Å². The third-order valence-electron chi connectivity index (χ3n) is 2.79. The van der Waals surface area contributed by atoms with Crippen LogP contribution in [0.15, 0.2) is 18.2 Å². The lowest BCUT2D eigenvalue weighted by atomic mass is 10.1. The van der Waals surface area contributed by atoms with E-state index in [-0.39, 0.29) is 18.2 Å². The molecule has 1 aromatic carbocycles. The van der Waals surface area contributed by atoms with Crippen LogP contribution in [0.5, 0.6) is 0 Å². The molecule has 0 aromatic heterocycles. The molecule has 106 valence electrons. The summed E-state index contributed by atoms with van der Waals surface area (Å²) in [6.45, 7) is 1.80. The first-order valence-electron chi connectivity index (χ1n) is 5.51. The van der Waals surface area contributed by atoms with Gasteiger partial charge in [-0.2, -0.15) is 13.2 Å². The van der Waals surface area contributed by atoms with E-state index in [1.807, 2.05) is 0 Å². The smallest absolute Gasteiger partial charge is 0.338 e. The molecule has 0 unspecified atom stereocenters. The van der Waals surface area contributed by atoms with Crippen LogP contribution in [-0.4, -0.2) is 30.4 Å². The highest BCUT2D eigenvalue weighted by Crippen LogP contribution is 2.30. The molecule has 7 heteroatoms. The van der Waals surface area contributed by atoms with Gasteiger partial charge >= 0.3 is 6.18 Å². The summed E-state index contributed by atoms with van der Waals surface area (Å²) in [4.78, 5) is 13.1. The molecule has 0 saturated carbocycles. The van der Waals surface area contributed by atoms with Crippen LogP contribution in [0.4, 0.5) is 17.6 Å². The average Bonchev–Trinajstić information content (AvgIpc) is 2.34. The van der Waals surface area contributed by atoms with E-state index < -0.39 is 23.5 Å². The van der Waals surface area contributed by atoms with Gasteiger partial charge in [-0.25, -0.2) is 4.39 Å². The van der Waals surface area contributed by atoms with Crippen LogP contribution in [-0.2, 0) is 6.18 Å². The molecule has 0 spiro atoms. The number of halogens is 4. The Morgan fingerprint density at radius 1 is 1.37 bits per heavy atom. The van der Waals surface area contributed by atoms with Crippen LogP contribution >= 0.6 is 0 Å². The maximum Gasteiger partial charge on any atom is 0.416 e. The number of hydrogen-bond donors (Lipinski definition) is 1. The highest BCUT2D eigenvalue weighted by atomic mass is 19.4. The summed E-state index contributed by atoms with van der Waals surface area (Å²) in [6.07, 6.45) is -4.70. The molecule has 0 saturated heterocycles. The summed E-state index contributed by atoms with van der Waals surface area (Å²) in [6, 6.07) is 1.40. The Morgan fingerprint density at radius 2 is 1.95 bits per heavy atom. The fourth-order valence-electron chi connectivity index (χ4n) is 1.44. The third kappa shape index (κ3) is 3.66. The van der Waals surface area contributed by atoms with E-state index in [2.05, 4.69) is 0 Å². The van der Waals surface area contributed by atoms with Gasteiger partial charge in [0.1, 0.15) is 5.82 Å². The minimum atomic E-state index is -4.70. The first-order chi connectivity index (χ1) is 8.66. The number of nitrogens with zero attached hydrogens (tertiary/aromatic N) is 1. The number of amides is 1. The molecule has 0 aliphatic carbocycles. The van der Waals surface area contributed by atoms with Crippen molar-refractivity contribution in [1.29, 1.82) is 0 Å². The van der Waals surface area contributed by atoms with E-state index in [4.69, 9.17) is 5.73 Å². The number of benzene rings is 1. The van der Waals surface area contributed by atoms with Crippen molar-refractivity contribution in [2.45, 2.75) is 19.1 Å². The summed E-state index contributed by atoms with van der Waals surface area (Å²) >= 11 is 0. The molecule has 0 aliphatic heterocycles. The summed E-state index contributed by atoms with van der Waals surface area (Å²) in [7, 11) is 1.40. The fraction of sp³-hybridized carbons (Fsp3) is 0.417. The second-order valence-corrected chi connectivity index (χ2v) is 4.23.